The molecule has 0 aliphatic carbocycles. The van der Waals surface area contributed by atoms with Crippen molar-refractivity contribution in [3.63, 3.8) is 0 Å². The van der Waals surface area contributed by atoms with Crippen LogP contribution in [0.2, 0.25) is 10.0 Å². The highest BCUT2D eigenvalue weighted by molar-refractivity contribution is 6.31. The maximum absolute atomic E-state index is 12.0. The smallest absolute Gasteiger partial charge is 0.259 e. The highest BCUT2D eigenvalue weighted by Gasteiger charge is 2.07. The Labute approximate surface area is 189 Å². The van der Waals surface area contributed by atoms with Crippen LogP contribution in [0.5, 0.6) is 5.75 Å². The summed E-state index contributed by atoms with van der Waals surface area (Å²) in [4.78, 5) is 23.9. The number of amides is 2. The molecule has 0 spiro atoms. The monoisotopic (exact) mass is 455 g/mol. The fourth-order valence-corrected chi connectivity index (χ4v) is 2.86. The van der Waals surface area contributed by atoms with Crippen molar-refractivity contribution < 1.29 is 14.3 Å². The molecule has 3 aromatic carbocycles. The number of nitrogens with one attached hydrogen (secondary N) is 2. The van der Waals surface area contributed by atoms with Gasteiger partial charge in [-0.15, -0.1) is 0 Å². The lowest BCUT2D eigenvalue weighted by molar-refractivity contribution is -0.120. The summed E-state index contributed by atoms with van der Waals surface area (Å²) in [7, 11) is 0. The Morgan fingerprint density at radius 1 is 0.935 bits per heavy atom. The van der Waals surface area contributed by atoms with Crippen molar-refractivity contribution in [3.8, 4) is 5.75 Å². The molecule has 8 heteroatoms. The second kappa shape index (κ2) is 11.2. The summed E-state index contributed by atoms with van der Waals surface area (Å²) in [6.45, 7) is 0.188. The summed E-state index contributed by atoms with van der Waals surface area (Å²) < 4.78 is 5.77. The molecule has 0 aromatic heterocycles. The lowest BCUT2D eigenvalue weighted by atomic mass is 10.2. The van der Waals surface area contributed by atoms with E-state index in [0.717, 1.165) is 11.1 Å². The zero-order valence-electron chi connectivity index (χ0n) is 16.3. The molecule has 0 atom stereocenters. The van der Waals surface area contributed by atoms with E-state index in [0.29, 0.717) is 28.0 Å². The molecule has 6 nitrogen and oxygen atoms in total. The zero-order chi connectivity index (χ0) is 22.1. The maximum atomic E-state index is 12.0. The maximum Gasteiger partial charge on any atom is 0.259 e. The first kappa shape index (κ1) is 22.3. The Bertz CT molecular complexity index is 1090. The van der Waals surface area contributed by atoms with Gasteiger partial charge in [0.05, 0.1) is 12.8 Å². The topological polar surface area (TPSA) is 79.8 Å². The van der Waals surface area contributed by atoms with Gasteiger partial charge in [-0.25, -0.2) is 5.43 Å². The van der Waals surface area contributed by atoms with Crippen LogP contribution >= 0.6 is 23.2 Å². The number of rotatable bonds is 8. The minimum atomic E-state index is -0.457. The standard InChI is InChI=1S/C23H19Cl2N3O3/c24-19-9-7-16(8-10-19)15-31-21-6-1-3-17(11-21)13-27-28-22(29)14-26-23(30)18-4-2-5-20(25)12-18/h1-13H,14-15H2,(H,26,30)(H,28,29)/b27-13-. The molecular formula is C23H19Cl2N3O3. The normalized spacial score (nSPS) is 10.6. The molecule has 0 saturated carbocycles. The number of halogens is 2. The third-order valence-electron chi connectivity index (χ3n) is 4.08. The summed E-state index contributed by atoms with van der Waals surface area (Å²) in [5.41, 5.74) is 4.49. The van der Waals surface area contributed by atoms with Crippen LogP contribution in [-0.4, -0.2) is 24.6 Å². The molecule has 31 heavy (non-hydrogen) atoms. The molecule has 158 valence electrons. The molecule has 2 N–H and O–H groups in total. The summed E-state index contributed by atoms with van der Waals surface area (Å²) in [6.07, 6.45) is 1.49. The van der Waals surface area contributed by atoms with Gasteiger partial charge >= 0.3 is 0 Å². The van der Waals surface area contributed by atoms with Crippen LogP contribution in [0.25, 0.3) is 0 Å². The van der Waals surface area contributed by atoms with E-state index >= 15 is 0 Å². The fourth-order valence-electron chi connectivity index (χ4n) is 2.54. The average molecular weight is 456 g/mol. The quantitative estimate of drug-likeness (QED) is 0.388. The molecule has 0 aliphatic rings. The number of nitrogens with zero attached hydrogens (tertiary/aromatic N) is 1. The summed E-state index contributed by atoms with van der Waals surface area (Å²) in [5.74, 6) is -0.187. The summed E-state index contributed by atoms with van der Waals surface area (Å²) in [6, 6.07) is 21.1. The number of hydrazone groups is 1. The Balaban J connectivity index is 1.45. The van der Waals surface area contributed by atoms with E-state index in [2.05, 4.69) is 15.8 Å². The van der Waals surface area contributed by atoms with Gasteiger partial charge in [0.2, 0.25) is 0 Å². The molecule has 0 heterocycles. The van der Waals surface area contributed by atoms with E-state index in [4.69, 9.17) is 27.9 Å². The first-order chi connectivity index (χ1) is 15.0. The van der Waals surface area contributed by atoms with E-state index < -0.39 is 11.8 Å². The predicted octanol–water partition coefficient (Wildman–Crippen LogP) is 4.45. The van der Waals surface area contributed by atoms with Crippen LogP contribution in [0.3, 0.4) is 0 Å². The number of benzene rings is 3. The van der Waals surface area contributed by atoms with Gasteiger partial charge in [0.1, 0.15) is 12.4 Å². The largest absolute Gasteiger partial charge is 0.489 e. The van der Waals surface area contributed by atoms with Gasteiger partial charge < -0.3 is 10.1 Å². The lowest BCUT2D eigenvalue weighted by Crippen LogP contribution is -2.34. The van der Waals surface area contributed by atoms with Crippen molar-refractivity contribution in [1.82, 2.24) is 10.7 Å². The molecule has 3 aromatic rings. The predicted molar refractivity (Wildman–Crippen MR) is 122 cm³/mol. The van der Waals surface area contributed by atoms with E-state index in [9.17, 15) is 9.59 Å². The number of carbonyl (C=O) groups excluding carboxylic acids is 2. The van der Waals surface area contributed by atoms with Gasteiger partial charge in [0.25, 0.3) is 11.8 Å². The minimum absolute atomic E-state index is 0.215. The van der Waals surface area contributed by atoms with Gasteiger partial charge in [0.15, 0.2) is 0 Å². The van der Waals surface area contributed by atoms with Crippen molar-refractivity contribution in [2.75, 3.05) is 6.54 Å². The molecule has 0 saturated heterocycles. The molecular weight excluding hydrogens is 437 g/mol. The molecule has 0 aliphatic heterocycles. The summed E-state index contributed by atoms with van der Waals surface area (Å²) >= 11 is 11.7. The first-order valence-corrected chi connectivity index (χ1v) is 10.1. The second-order valence-corrected chi connectivity index (χ2v) is 7.35. The lowest BCUT2D eigenvalue weighted by Gasteiger charge is -2.07. The number of hydrogen-bond donors (Lipinski definition) is 2. The number of ether oxygens (including phenoxy) is 1. The molecule has 0 bridgehead atoms. The fraction of sp³-hybridized carbons (Fsp3) is 0.0870. The number of hydrogen-bond acceptors (Lipinski definition) is 4. The highest BCUT2D eigenvalue weighted by atomic mass is 35.5. The van der Waals surface area contributed by atoms with Crippen molar-refractivity contribution in [3.05, 3.63) is 99.5 Å². The van der Waals surface area contributed by atoms with Gasteiger partial charge in [-0.1, -0.05) is 53.5 Å². The summed E-state index contributed by atoms with van der Waals surface area (Å²) in [5, 5.41) is 7.54. The van der Waals surface area contributed by atoms with Crippen LogP contribution in [0.15, 0.2) is 77.9 Å². The third-order valence-corrected chi connectivity index (χ3v) is 4.56. The Kier molecular flexibility index (Phi) is 8.04. The van der Waals surface area contributed by atoms with Crippen molar-refractivity contribution >= 4 is 41.2 Å². The van der Waals surface area contributed by atoms with Crippen LogP contribution in [0.1, 0.15) is 21.5 Å². The van der Waals surface area contributed by atoms with Crippen LogP contribution in [0, 0.1) is 0 Å². The number of carbonyl (C=O) groups is 2. The van der Waals surface area contributed by atoms with Crippen LogP contribution < -0.4 is 15.5 Å². The van der Waals surface area contributed by atoms with Gasteiger partial charge in [0, 0.05) is 15.6 Å². The van der Waals surface area contributed by atoms with E-state index in [-0.39, 0.29) is 6.54 Å². The van der Waals surface area contributed by atoms with Gasteiger partial charge in [-0.05, 0) is 53.6 Å². The second-order valence-electron chi connectivity index (χ2n) is 6.47. The third kappa shape index (κ3) is 7.44. The van der Waals surface area contributed by atoms with Gasteiger partial charge in [-0.2, -0.15) is 5.10 Å². The molecule has 2 amide bonds. The molecule has 0 fully saturated rings. The van der Waals surface area contributed by atoms with Crippen molar-refractivity contribution in [2.45, 2.75) is 6.61 Å². The molecule has 0 unspecified atom stereocenters. The Morgan fingerprint density at radius 3 is 2.48 bits per heavy atom. The van der Waals surface area contributed by atoms with E-state index in [1.54, 1.807) is 24.3 Å². The molecule has 3 rings (SSSR count). The first-order valence-electron chi connectivity index (χ1n) is 9.32. The van der Waals surface area contributed by atoms with Gasteiger partial charge in [-0.3, -0.25) is 9.59 Å². The molecule has 0 radical (unpaired) electrons. The van der Waals surface area contributed by atoms with Crippen LogP contribution in [0.4, 0.5) is 0 Å². The SMILES string of the molecule is O=C(CNC(=O)c1cccc(Cl)c1)N/N=C\c1cccc(OCc2ccc(Cl)cc2)c1. The van der Waals surface area contributed by atoms with Crippen molar-refractivity contribution in [2.24, 2.45) is 5.10 Å². The Morgan fingerprint density at radius 2 is 1.71 bits per heavy atom. The average Bonchev–Trinajstić information content (AvgIpc) is 2.77. The van der Waals surface area contributed by atoms with Crippen molar-refractivity contribution in [1.29, 1.82) is 0 Å². The minimum Gasteiger partial charge on any atom is -0.489 e. The Hall–Kier alpha value is -3.35. The van der Waals surface area contributed by atoms with E-state index in [1.165, 1.54) is 12.3 Å². The zero-order valence-corrected chi connectivity index (χ0v) is 17.9. The highest BCUT2D eigenvalue weighted by Crippen LogP contribution is 2.16. The van der Waals surface area contributed by atoms with E-state index in [1.807, 2.05) is 42.5 Å². The van der Waals surface area contributed by atoms with Crippen LogP contribution in [-0.2, 0) is 11.4 Å².